The highest BCUT2D eigenvalue weighted by Gasteiger charge is 2.19. The Kier molecular flexibility index (Phi) is 4.96. The van der Waals surface area contributed by atoms with E-state index >= 15 is 0 Å². The number of carbonyl (C=O) groups is 2. The molecule has 1 atom stereocenters. The van der Waals surface area contributed by atoms with Crippen molar-refractivity contribution < 1.29 is 24.5 Å². The second kappa shape index (κ2) is 6.49. The third-order valence-corrected chi connectivity index (χ3v) is 1.99. The highest BCUT2D eigenvalue weighted by molar-refractivity contribution is 5.79. The average molecular weight is 239 g/mol. The third kappa shape index (κ3) is 4.52. The molecule has 0 aliphatic heterocycles. The summed E-state index contributed by atoms with van der Waals surface area (Å²) < 4.78 is 4.79. The number of carboxylic acids is 1. The molecule has 0 fully saturated rings. The van der Waals surface area contributed by atoms with Crippen molar-refractivity contribution >= 4 is 12.1 Å². The summed E-state index contributed by atoms with van der Waals surface area (Å²) in [5.74, 6) is -1.32. The molecule has 0 saturated heterocycles. The van der Waals surface area contributed by atoms with Crippen LogP contribution in [-0.2, 0) is 16.1 Å². The second-order valence-electron chi connectivity index (χ2n) is 3.28. The van der Waals surface area contributed by atoms with E-state index in [0.29, 0.717) is 0 Å². The van der Waals surface area contributed by atoms with E-state index in [1.807, 2.05) is 11.4 Å². The topological polar surface area (TPSA) is 95.9 Å². The summed E-state index contributed by atoms with van der Waals surface area (Å²) in [6.07, 6.45) is -0.879. The van der Waals surface area contributed by atoms with Gasteiger partial charge in [0.1, 0.15) is 6.61 Å². The van der Waals surface area contributed by atoms with E-state index in [-0.39, 0.29) is 6.61 Å². The van der Waals surface area contributed by atoms with Crippen molar-refractivity contribution in [1.82, 2.24) is 5.32 Å². The quantitative estimate of drug-likeness (QED) is 0.689. The molecule has 6 nitrogen and oxygen atoms in total. The van der Waals surface area contributed by atoms with Crippen LogP contribution in [0.5, 0.6) is 0 Å². The minimum atomic E-state index is -1.35. The molecule has 1 aromatic rings. The molecule has 0 spiro atoms. The van der Waals surface area contributed by atoms with E-state index in [1.54, 1.807) is 24.3 Å². The van der Waals surface area contributed by atoms with Crippen molar-refractivity contribution in [2.75, 3.05) is 6.61 Å². The molecule has 92 valence electrons. The van der Waals surface area contributed by atoms with Gasteiger partial charge >= 0.3 is 12.1 Å². The lowest BCUT2D eigenvalue weighted by Crippen LogP contribution is -2.43. The van der Waals surface area contributed by atoms with Gasteiger partial charge in [-0.25, -0.2) is 9.59 Å². The molecule has 0 aliphatic rings. The first-order valence-electron chi connectivity index (χ1n) is 4.94. The Labute approximate surface area is 97.8 Å². The lowest BCUT2D eigenvalue weighted by molar-refractivity contribution is -0.140. The summed E-state index contributed by atoms with van der Waals surface area (Å²) in [4.78, 5) is 21.7. The fourth-order valence-corrected chi connectivity index (χ4v) is 1.09. The maximum absolute atomic E-state index is 11.2. The summed E-state index contributed by atoms with van der Waals surface area (Å²) in [7, 11) is 0. The van der Waals surface area contributed by atoms with Crippen molar-refractivity contribution in [1.29, 1.82) is 0 Å². The van der Waals surface area contributed by atoms with Crippen LogP contribution < -0.4 is 5.32 Å². The number of nitrogens with one attached hydrogen (secondary N) is 1. The number of carboxylic acid groups (broad SMARTS) is 1. The Balaban J connectivity index is 2.37. The predicted octanol–water partition coefficient (Wildman–Crippen LogP) is 0.358. The number of carbonyl (C=O) groups excluding carboxylic acids is 1. The van der Waals surface area contributed by atoms with Crippen LogP contribution in [0.25, 0.3) is 0 Å². The van der Waals surface area contributed by atoms with Crippen LogP contribution in [0.4, 0.5) is 4.79 Å². The van der Waals surface area contributed by atoms with Crippen molar-refractivity contribution in [3.63, 3.8) is 0 Å². The molecule has 0 bridgehead atoms. The van der Waals surface area contributed by atoms with E-state index in [2.05, 4.69) is 0 Å². The van der Waals surface area contributed by atoms with Crippen LogP contribution >= 0.6 is 0 Å². The maximum atomic E-state index is 11.2. The van der Waals surface area contributed by atoms with Crippen molar-refractivity contribution in [2.24, 2.45) is 0 Å². The van der Waals surface area contributed by atoms with Gasteiger partial charge in [-0.1, -0.05) is 30.3 Å². The van der Waals surface area contributed by atoms with Gasteiger partial charge < -0.3 is 20.3 Å². The molecule has 0 aromatic heterocycles. The molecule has 3 N–H and O–H groups in total. The lowest BCUT2D eigenvalue weighted by atomic mass is 10.2. The monoisotopic (exact) mass is 239 g/mol. The van der Waals surface area contributed by atoms with Gasteiger partial charge in [0.2, 0.25) is 0 Å². The fraction of sp³-hybridized carbons (Fsp3) is 0.273. The molecule has 6 heteroatoms. The van der Waals surface area contributed by atoms with Gasteiger partial charge in [-0.3, -0.25) is 0 Å². The number of hydrogen-bond acceptors (Lipinski definition) is 4. The Hall–Kier alpha value is -2.08. The molecule has 1 rings (SSSR count). The minimum absolute atomic E-state index is 0.0461. The van der Waals surface area contributed by atoms with Gasteiger partial charge in [-0.15, -0.1) is 0 Å². The third-order valence-electron chi connectivity index (χ3n) is 1.99. The average Bonchev–Trinajstić information content (AvgIpc) is 2.34. The Bertz CT molecular complexity index is 379. The molecule has 1 aromatic carbocycles. The minimum Gasteiger partial charge on any atom is -0.480 e. The van der Waals surface area contributed by atoms with E-state index < -0.39 is 24.7 Å². The molecule has 0 radical (unpaired) electrons. The molecule has 1 amide bonds. The molecular weight excluding hydrogens is 226 g/mol. The van der Waals surface area contributed by atoms with Crippen LogP contribution in [-0.4, -0.2) is 34.9 Å². The summed E-state index contributed by atoms with van der Waals surface area (Å²) in [6, 6.07) is 7.62. The Morgan fingerprint density at radius 1 is 1.29 bits per heavy atom. The number of aliphatic hydroxyl groups is 1. The maximum Gasteiger partial charge on any atom is 0.408 e. The summed E-state index contributed by atoms with van der Waals surface area (Å²) in [6.45, 7) is -0.639. The normalized spacial score (nSPS) is 11.6. The van der Waals surface area contributed by atoms with Crippen LogP contribution in [0.2, 0.25) is 0 Å². The van der Waals surface area contributed by atoms with Gasteiger partial charge in [0, 0.05) is 0 Å². The van der Waals surface area contributed by atoms with Crippen LogP contribution in [0, 0.1) is 0 Å². The predicted molar refractivity (Wildman–Crippen MR) is 58.3 cm³/mol. The van der Waals surface area contributed by atoms with E-state index in [4.69, 9.17) is 14.9 Å². The smallest absolute Gasteiger partial charge is 0.408 e. The summed E-state index contributed by atoms with van der Waals surface area (Å²) >= 11 is 0. The first kappa shape index (κ1) is 13.0. The second-order valence-corrected chi connectivity index (χ2v) is 3.28. The van der Waals surface area contributed by atoms with Crippen LogP contribution in [0.3, 0.4) is 0 Å². The molecule has 0 saturated carbocycles. The van der Waals surface area contributed by atoms with Crippen LogP contribution in [0.1, 0.15) is 5.56 Å². The zero-order chi connectivity index (χ0) is 12.7. The lowest BCUT2D eigenvalue weighted by Gasteiger charge is -2.11. The first-order valence-corrected chi connectivity index (χ1v) is 4.94. The Morgan fingerprint density at radius 3 is 2.47 bits per heavy atom. The van der Waals surface area contributed by atoms with E-state index in [1.165, 1.54) is 0 Å². The first-order chi connectivity index (χ1) is 8.13. The van der Waals surface area contributed by atoms with Crippen molar-refractivity contribution in [2.45, 2.75) is 12.6 Å². The molecule has 0 aliphatic carbocycles. The largest absolute Gasteiger partial charge is 0.480 e. The van der Waals surface area contributed by atoms with Gasteiger partial charge in [-0.2, -0.15) is 0 Å². The van der Waals surface area contributed by atoms with Gasteiger partial charge in [-0.05, 0) is 5.56 Å². The van der Waals surface area contributed by atoms with Gasteiger partial charge in [0.15, 0.2) is 6.04 Å². The highest BCUT2D eigenvalue weighted by atomic mass is 16.5. The SMILES string of the molecule is O=C(N[C@H](CO)C(=O)O)OCc1ccccc1. The molecule has 17 heavy (non-hydrogen) atoms. The zero-order valence-electron chi connectivity index (χ0n) is 9.00. The molecular formula is C11H13NO5. The van der Waals surface area contributed by atoms with E-state index in [9.17, 15) is 9.59 Å². The van der Waals surface area contributed by atoms with Crippen molar-refractivity contribution in [3.8, 4) is 0 Å². The van der Waals surface area contributed by atoms with E-state index in [0.717, 1.165) is 5.56 Å². The number of hydrogen-bond donors (Lipinski definition) is 3. The highest BCUT2D eigenvalue weighted by Crippen LogP contribution is 2.00. The van der Waals surface area contributed by atoms with Gasteiger partial charge in [0.05, 0.1) is 6.61 Å². The molecule has 0 heterocycles. The Morgan fingerprint density at radius 2 is 1.94 bits per heavy atom. The van der Waals surface area contributed by atoms with Gasteiger partial charge in [0.25, 0.3) is 0 Å². The fourth-order valence-electron chi connectivity index (χ4n) is 1.09. The number of rotatable bonds is 5. The number of alkyl carbamates (subject to hydrolysis) is 1. The summed E-state index contributed by atoms with van der Waals surface area (Å²) in [5, 5.41) is 19.3. The number of aliphatic carboxylic acids is 1. The molecule has 0 unspecified atom stereocenters. The zero-order valence-corrected chi connectivity index (χ0v) is 9.00. The number of benzene rings is 1. The number of aliphatic hydroxyl groups excluding tert-OH is 1. The van der Waals surface area contributed by atoms with Crippen LogP contribution in [0.15, 0.2) is 30.3 Å². The number of amides is 1. The standard InChI is InChI=1S/C11H13NO5/c13-6-9(10(14)15)12-11(16)17-7-8-4-2-1-3-5-8/h1-5,9,13H,6-7H2,(H,12,16)(H,14,15)/t9-/m1/s1. The summed E-state index contributed by atoms with van der Waals surface area (Å²) in [5.41, 5.74) is 0.790. The number of ether oxygens (including phenoxy) is 1. The van der Waals surface area contributed by atoms with Crippen molar-refractivity contribution in [3.05, 3.63) is 35.9 Å².